The van der Waals surface area contributed by atoms with Gasteiger partial charge in [-0.2, -0.15) is 0 Å². The molecule has 2 aromatic heterocycles. The van der Waals surface area contributed by atoms with Crippen molar-refractivity contribution >= 4 is 22.7 Å². The third-order valence-corrected chi connectivity index (χ3v) is 4.64. The number of hydrogen-bond donors (Lipinski definition) is 0. The summed E-state index contributed by atoms with van der Waals surface area (Å²) in [4.78, 5) is 20.2. The van der Waals surface area contributed by atoms with E-state index in [1.165, 1.54) is 0 Å². The van der Waals surface area contributed by atoms with Gasteiger partial charge in [0.15, 0.2) is 5.76 Å². The average Bonchev–Trinajstić information content (AvgIpc) is 2.99. The maximum Gasteiger partial charge on any atom is 0.290 e. The number of piperazine rings is 1. The summed E-state index contributed by atoms with van der Waals surface area (Å²) < 4.78 is 5.81. The molecule has 0 radical (unpaired) electrons. The van der Waals surface area contributed by atoms with Gasteiger partial charge in [0.2, 0.25) is 0 Å². The summed E-state index contributed by atoms with van der Waals surface area (Å²) in [6.07, 6.45) is 1.92. The first kappa shape index (κ1) is 14.8. The van der Waals surface area contributed by atoms with Crippen LogP contribution in [0.25, 0.3) is 11.0 Å². The number of nitrogens with zero attached hydrogens (tertiary/aromatic N) is 2. The van der Waals surface area contributed by atoms with Crippen molar-refractivity contribution in [2.24, 2.45) is 0 Å². The molecule has 4 rings (SSSR count). The van der Waals surface area contributed by atoms with Gasteiger partial charge in [0.25, 0.3) is 11.7 Å². The molecule has 0 saturated carbocycles. The van der Waals surface area contributed by atoms with E-state index in [0.29, 0.717) is 18.8 Å². The van der Waals surface area contributed by atoms with Crippen LogP contribution in [-0.2, 0) is 0 Å². The number of hydrogen-bond acceptors (Lipinski definition) is 3. The van der Waals surface area contributed by atoms with Gasteiger partial charge in [-0.3, -0.25) is 9.69 Å². The number of aryl methyl sites for hydroxylation is 1. The Balaban J connectivity index is 1.51. The van der Waals surface area contributed by atoms with Crippen LogP contribution in [0.5, 0.6) is 0 Å². The molecule has 5 heteroatoms. The van der Waals surface area contributed by atoms with Crippen molar-refractivity contribution in [3.63, 3.8) is 0 Å². The number of para-hydroxylation sites is 1. The van der Waals surface area contributed by atoms with Crippen molar-refractivity contribution in [1.29, 1.82) is 0 Å². The first-order chi connectivity index (χ1) is 11.7. The van der Waals surface area contributed by atoms with Crippen molar-refractivity contribution in [3.8, 4) is 0 Å². The smallest absolute Gasteiger partial charge is 0.290 e. The molecule has 0 atom stereocenters. The highest BCUT2D eigenvalue weighted by Crippen LogP contribution is 2.26. The third kappa shape index (κ3) is 2.52. The van der Waals surface area contributed by atoms with E-state index in [0.717, 1.165) is 35.4 Å². The number of rotatable bonds is 2. The second-order valence-electron chi connectivity index (χ2n) is 6.08. The lowest BCUT2D eigenvalue weighted by atomic mass is 10.1. The molecule has 1 aliphatic heterocycles. The molecule has 24 heavy (non-hydrogen) atoms. The highest BCUT2D eigenvalue weighted by atomic mass is 16.3. The second kappa shape index (κ2) is 6.00. The van der Waals surface area contributed by atoms with Crippen LogP contribution in [0, 0.1) is 6.92 Å². The molecule has 0 aliphatic carbocycles. The number of benzene rings is 1. The minimum Gasteiger partial charge on any atom is -0.451 e. The first-order valence-electron chi connectivity index (χ1n) is 8.23. The topological polar surface area (TPSA) is 50.8 Å². The Morgan fingerprint density at radius 2 is 1.79 bits per heavy atom. The number of H-pyrrole nitrogens is 1. The zero-order valence-corrected chi connectivity index (χ0v) is 13.7. The third-order valence-electron chi connectivity index (χ3n) is 4.64. The SMILES string of the molecule is Cc1c(C(=O)N2CCN(c3cccc[nH+]3)CC2)oc2ccccc12. The number of amides is 1. The van der Waals surface area contributed by atoms with Gasteiger partial charge in [-0.1, -0.05) is 24.3 Å². The highest BCUT2D eigenvalue weighted by Gasteiger charge is 2.29. The highest BCUT2D eigenvalue weighted by molar-refractivity contribution is 5.99. The lowest BCUT2D eigenvalue weighted by Crippen LogP contribution is -2.50. The van der Waals surface area contributed by atoms with E-state index in [4.69, 9.17) is 4.42 Å². The fourth-order valence-electron chi connectivity index (χ4n) is 3.25. The Hall–Kier alpha value is -2.82. The Kier molecular flexibility index (Phi) is 3.69. The maximum absolute atomic E-state index is 12.8. The van der Waals surface area contributed by atoms with Gasteiger partial charge in [-0.15, -0.1) is 0 Å². The molecule has 5 nitrogen and oxygen atoms in total. The minimum absolute atomic E-state index is 0.0135. The fourth-order valence-corrected chi connectivity index (χ4v) is 3.25. The Morgan fingerprint density at radius 3 is 2.50 bits per heavy atom. The summed E-state index contributed by atoms with van der Waals surface area (Å²) in [5, 5.41) is 1.01. The van der Waals surface area contributed by atoms with E-state index in [-0.39, 0.29) is 5.91 Å². The standard InChI is InChI=1S/C19H19N3O2/c1-14-15-6-2-3-7-16(15)24-18(14)19(23)22-12-10-21(11-13-22)17-8-4-5-9-20-17/h2-9H,10-13H2,1H3/p+1. The van der Waals surface area contributed by atoms with Crippen molar-refractivity contribution in [3.05, 3.63) is 60.0 Å². The number of carbonyl (C=O) groups is 1. The lowest BCUT2D eigenvalue weighted by Gasteiger charge is -2.30. The number of anilines is 1. The molecule has 0 unspecified atom stereocenters. The summed E-state index contributed by atoms with van der Waals surface area (Å²) in [5.41, 5.74) is 1.70. The molecule has 1 fully saturated rings. The molecule has 0 spiro atoms. The summed E-state index contributed by atoms with van der Waals surface area (Å²) in [6.45, 7) is 4.96. The predicted molar refractivity (Wildman–Crippen MR) is 92.1 cm³/mol. The quantitative estimate of drug-likeness (QED) is 0.728. The minimum atomic E-state index is -0.0135. The number of carbonyl (C=O) groups excluding carboxylic acids is 1. The van der Waals surface area contributed by atoms with E-state index in [9.17, 15) is 4.79 Å². The average molecular weight is 322 g/mol. The normalized spacial score (nSPS) is 15.0. The molecule has 1 aliphatic rings. The van der Waals surface area contributed by atoms with Gasteiger partial charge in [0.05, 0.1) is 19.3 Å². The molecule has 1 aromatic carbocycles. The molecule has 3 aromatic rings. The van der Waals surface area contributed by atoms with Crippen LogP contribution in [0.3, 0.4) is 0 Å². The van der Waals surface area contributed by atoms with Gasteiger partial charge in [-0.05, 0) is 19.1 Å². The van der Waals surface area contributed by atoms with Gasteiger partial charge >= 0.3 is 0 Å². The van der Waals surface area contributed by atoms with E-state index < -0.39 is 0 Å². The molecule has 3 heterocycles. The van der Waals surface area contributed by atoms with Crippen LogP contribution in [0.15, 0.2) is 53.1 Å². The molecular weight excluding hydrogens is 302 g/mol. The van der Waals surface area contributed by atoms with Gasteiger partial charge < -0.3 is 9.32 Å². The molecule has 0 bridgehead atoms. The summed E-state index contributed by atoms with van der Waals surface area (Å²) >= 11 is 0. The summed E-state index contributed by atoms with van der Waals surface area (Å²) in [5.74, 6) is 1.54. The zero-order chi connectivity index (χ0) is 16.5. The molecule has 1 N–H and O–H groups in total. The number of fused-ring (bicyclic) bond motifs is 1. The Bertz CT molecular complexity index is 865. The van der Waals surface area contributed by atoms with Crippen LogP contribution < -0.4 is 9.88 Å². The number of furan rings is 1. The summed E-state index contributed by atoms with van der Waals surface area (Å²) in [7, 11) is 0. The van der Waals surface area contributed by atoms with E-state index >= 15 is 0 Å². The van der Waals surface area contributed by atoms with Crippen LogP contribution in [0.2, 0.25) is 0 Å². The van der Waals surface area contributed by atoms with Crippen molar-refractivity contribution in [2.75, 3.05) is 31.1 Å². The van der Waals surface area contributed by atoms with Crippen LogP contribution in [0.4, 0.5) is 5.82 Å². The summed E-state index contributed by atoms with van der Waals surface area (Å²) in [6, 6.07) is 13.8. The molecule has 1 amide bonds. The number of nitrogens with one attached hydrogen (secondary N) is 1. The van der Waals surface area contributed by atoms with E-state index in [1.807, 2.05) is 54.4 Å². The van der Waals surface area contributed by atoms with Crippen LogP contribution in [-0.4, -0.2) is 37.0 Å². The molecular formula is C19H20N3O2+. The van der Waals surface area contributed by atoms with Crippen molar-refractivity contribution in [2.45, 2.75) is 6.92 Å². The number of pyridine rings is 1. The van der Waals surface area contributed by atoms with Crippen LogP contribution >= 0.6 is 0 Å². The monoisotopic (exact) mass is 322 g/mol. The number of aromatic amines is 1. The first-order valence-corrected chi connectivity index (χ1v) is 8.23. The largest absolute Gasteiger partial charge is 0.451 e. The molecule has 122 valence electrons. The maximum atomic E-state index is 12.8. The van der Waals surface area contributed by atoms with Gasteiger partial charge in [0.1, 0.15) is 18.7 Å². The van der Waals surface area contributed by atoms with Gasteiger partial charge in [-0.25, -0.2) is 4.98 Å². The van der Waals surface area contributed by atoms with Crippen molar-refractivity contribution < 1.29 is 14.2 Å². The number of aromatic nitrogens is 1. The Morgan fingerprint density at radius 1 is 1.04 bits per heavy atom. The second-order valence-corrected chi connectivity index (χ2v) is 6.08. The predicted octanol–water partition coefficient (Wildman–Crippen LogP) is 2.52. The fraction of sp³-hybridized carbons (Fsp3) is 0.263. The van der Waals surface area contributed by atoms with Gasteiger partial charge in [0, 0.05) is 17.0 Å². The lowest BCUT2D eigenvalue weighted by molar-refractivity contribution is -0.364. The van der Waals surface area contributed by atoms with Crippen molar-refractivity contribution in [1.82, 2.24) is 4.90 Å². The Labute approximate surface area is 140 Å². The van der Waals surface area contributed by atoms with Crippen LogP contribution in [0.1, 0.15) is 16.1 Å². The van der Waals surface area contributed by atoms with E-state index in [1.54, 1.807) is 0 Å². The zero-order valence-electron chi connectivity index (χ0n) is 13.7. The molecule has 1 saturated heterocycles. The van der Waals surface area contributed by atoms with E-state index in [2.05, 4.69) is 16.0 Å².